The van der Waals surface area contributed by atoms with Crippen LogP contribution in [0.5, 0.6) is 11.5 Å². The van der Waals surface area contributed by atoms with Crippen molar-refractivity contribution in [2.24, 2.45) is 7.05 Å². The van der Waals surface area contributed by atoms with Crippen LogP contribution >= 0.6 is 0 Å². The molecule has 0 aliphatic carbocycles. The lowest BCUT2D eigenvalue weighted by Gasteiger charge is -2.11. The van der Waals surface area contributed by atoms with E-state index >= 15 is 0 Å². The van der Waals surface area contributed by atoms with Crippen LogP contribution < -0.4 is 14.8 Å². The van der Waals surface area contributed by atoms with Crippen LogP contribution in [0.15, 0.2) is 42.7 Å². The standard InChI is InChI=1S/C18H18N4O2/c1-22-10-19-18-14(22)6-4-11-8-16(21-17(11)18)20-13-9-12(23-2)5-7-15(13)24-3/h4-10,20-21H,1-3H3. The molecule has 0 atom stereocenters. The molecular weight excluding hydrogens is 304 g/mol. The van der Waals surface area contributed by atoms with Gasteiger partial charge in [-0.2, -0.15) is 0 Å². The number of methoxy groups -OCH3 is 2. The minimum atomic E-state index is 0.748. The van der Waals surface area contributed by atoms with Crippen molar-refractivity contribution in [2.75, 3.05) is 19.5 Å². The average Bonchev–Trinajstić information content (AvgIpc) is 3.17. The number of nitrogens with one attached hydrogen (secondary N) is 2. The first-order chi connectivity index (χ1) is 11.7. The number of aromatic nitrogens is 3. The molecule has 0 aliphatic rings. The van der Waals surface area contributed by atoms with Gasteiger partial charge < -0.3 is 24.3 Å². The van der Waals surface area contributed by atoms with Crippen molar-refractivity contribution in [2.45, 2.75) is 0 Å². The first-order valence-corrected chi connectivity index (χ1v) is 7.61. The van der Waals surface area contributed by atoms with E-state index in [0.717, 1.165) is 44.9 Å². The molecule has 122 valence electrons. The van der Waals surface area contributed by atoms with Gasteiger partial charge in [0.25, 0.3) is 0 Å². The van der Waals surface area contributed by atoms with Crippen LogP contribution in [0, 0.1) is 0 Å². The number of ether oxygens (including phenoxy) is 2. The highest BCUT2D eigenvalue weighted by atomic mass is 16.5. The fourth-order valence-corrected chi connectivity index (χ4v) is 2.92. The highest BCUT2D eigenvalue weighted by Crippen LogP contribution is 2.33. The highest BCUT2D eigenvalue weighted by Gasteiger charge is 2.10. The Kier molecular flexibility index (Phi) is 3.30. The Balaban J connectivity index is 1.79. The number of hydrogen-bond acceptors (Lipinski definition) is 4. The van der Waals surface area contributed by atoms with Crippen LogP contribution in [0.4, 0.5) is 11.5 Å². The van der Waals surface area contributed by atoms with E-state index in [2.05, 4.69) is 33.5 Å². The van der Waals surface area contributed by atoms with E-state index in [1.54, 1.807) is 14.2 Å². The van der Waals surface area contributed by atoms with E-state index in [0.29, 0.717) is 0 Å². The molecular formula is C18H18N4O2. The van der Waals surface area contributed by atoms with E-state index in [-0.39, 0.29) is 0 Å². The molecule has 0 radical (unpaired) electrons. The van der Waals surface area contributed by atoms with Crippen molar-refractivity contribution in [1.29, 1.82) is 0 Å². The van der Waals surface area contributed by atoms with Gasteiger partial charge in [0.05, 0.1) is 37.3 Å². The minimum Gasteiger partial charge on any atom is -0.497 e. The molecule has 2 aromatic heterocycles. The summed E-state index contributed by atoms with van der Waals surface area (Å²) in [7, 11) is 5.28. The predicted molar refractivity (Wildman–Crippen MR) is 95.4 cm³/mol. The number of fused-ring (bicyclic) bond motifs is 3. The molecule has 0 aliphatic heterocycles. The van der Waals surface area contributed by atoms with Gasteiger partial charge in [0.15, 0.2) is 0 Å². The third-order valence-corrected chi connectivity index (χ3v) is 4.16. The maximum absolute atomic E-state index is 5.42. The summed E-state index contributed by atoms with van der Waals surface area (Å²) < 4.78 is 12.7. The smallest absolute Gasteiger partial charge is 0.142 e. The van der Waals surface area contributed by atoms with E-state index in [9.17, 15) is 0 Å². The number of aryl methyl sites for hydroxylation is 1. The number of rotatable bonds is 4. The highest BCUT2D eigenvalue weighted by molar-refractivity contribution is 6.03. The van der Waals surface area contributed by atoms with E-state index in [4.69, 9.17) is 9.47 Å². The first-order valence-electron chi connectivity index (χ1n) is 7.61. The second-order valence-electron chi connectivity index (χ2n) is 5.63. The van der Waals surface area contributed by atoms with E-state index in [1.807, 2.05) is 36.1 Å². The van der Waals surface area contributed by atoms with Crippen molar-refractivity contribution in [1.82, 2.24) is 14.5 Å². The molecule has 4 aromatic rings. The molecule has 24 heavy (non-hydrogen) atoms. The van der Waals surface area contributed by atoms with Gasteiger partial charge in [-0.3, -0.25) is 0 Å². The summed E-state index contributed by atoms with van der Waals surface area (Å²) in [4.78, 5) is 7.89. The Morgan fingerprint density at radius 3 is 2.75 bits per heavy atom. The van der Waals surface area contributed by atoms with Crippen molar-refractivity contribution < 1.29 is 9.47 Å². The fraction of sp³-hybridized carbons (Fsp3) is 0.167. The Labute approximate surface area is 139 Å². The maximum atomic E-state index is 5.42. The number of anilines is 2. The van der Waals surface area contributed by atoms with Gasteiger partial charge in [-0.05, 0) is 24.3 Å². The summed E-state index contributed by atoms with van der Waals surface area (Å²) in [6.45, 7) is 0. The summed E-state index contributed by atoms with van der Waals surface area (Å²) >= 11 is 0. The van der Waals surface area contributed by atoms with Crippen molar-refractivity contribution in [3.05, 3.63) is 42.7 Å². The quantitative estimate of drug-likeness (QED) is 0.599. The molecule has 6 nitrogen and oxygen atoms in total. The molecule has 0 amide bonds. The van der Waals surface area contributed by atoms with Gasteiger partial charge in [0, 0.05) is 18.5 Å². The molecule has 0 saturated carbocycles. The molecule has 4 rings (SSSR count). The lowest BCUT2D eigenvalue weighted by atomic mass is 10.2. The van der Waals surface area contributed by atoms with Crippen molar-refractivity contribution in [3.63, 3.8) is 0 Å². The second kappa shape index (κ2) is 5.49. The third-order valence-electron chi connectivity index (χ3n) is 4.16. The zero-order valence-electron chi connectivity index (χ0n) is 13.8. The fourth-order valence-electron chi connectivity index (χ4n) is 2.92. The molecule has 0 spiro atoms. The van der Waals surface area contributed by atoms with Crippen molar-refractivity contribution >= 4 is 33.4 Å². The number of imidazole rings is 1. The monoisotopic (exact) mass is 322 g/mol. The second-order valence-corrected chi connectivity index (χ2v) is 5.63. The van der Waals surface area contributed by atoms with Crippen molar-refractivity contribution in [3.8, 4) is 11.5 Å². The molecule has 6 heteroatoms. The molecule has 0 saturated heterocycles. The van der Waals surface area contributed by atoms with Crippen LogP contribution in [0.2, 0.25) is 0 Å². The summed E-state index contributed by atoms with van der Waals surface area (Å²) in [6, 6.07) is 11.9. The van der Waals surface area contributed by atoms with Crippen LogP contribution in [-0.2, 0) is 7.05 Å². The topological polar surface area (TPSA) is 64.1 Å². The number of aromatic amines is 1. The molecule has 0 bridgehead atoms. The largest absolute Gasteiger partial charge is 0.497 e. The zero-order valence-corrected chi connectivity index (χ0v) is 13.8. The summed E-state index contributed by atoms with van der Waals surface area (Å²) in [5, 5.41) is 4.47. The van der Waals surface area contributed by atoms with Gasteiger partial charge in [-0.1, -0.05) is 6.07 Å². The normalized spacial score (nSPS) is 11.1. The molecule has 2 N–H and O–H groups in total. The van der Waals surface area contributed by atoms with E-state index in [1.165, 1.54) is 0 Å². The molecule has 0 unspecified atom stereocenters. The number of H-pyrrole nitrogens is 1. The number of nitrogens with zero attached hydrogens (tertiary/aromatic N) is 2. The first kappa shape index (κ1) is 14.4. The average molecular weight is 322 g/mol. The zero-order chi connectivity index (χ0) is 16.7. The van der Waals surface area contributed by atoms with Gasteiger partial charge >= 0.3 is 0 Å². The van der Waals surface area contributed by atoms with Crippen LogP contribution in [0.25, 0.3) is 21.9 Å². The summed E-state index contributed by atoms with van der Waals surface area (Å²) in [5.74, 6) is 2.38. The lowest BCUT2D eigenvalue weighted by molar-refractivity contribution is 0.405. The number of benzene rings is 2. The molecule has 2 aromatic carbocycles. The predicted octanol–water partition coefficient (Wildman–Crippen LogP) is 3.82. The van der Waals surface area contributed by atoms with Crippen LogP contribution in [0.1, 0.15) is 0 Å². The maximum Gasteiger partial charge on any atom is 0.142 e. The van der Waals surface area contributed by atoms with Gasteiger partial charge in [0.2, 0.25) is 0 Å². The molecule has 2 heterocycles. The Morgan fingerprint density at radius 2 is 1.96 bits per heavy atom. The Bertz CT molecular complexity index is 1030. The van der Waals surface area contributed by atoms with Crippen LogP contribution in [0.3, 0.4) is 0 Å². The Morgan fingerprint density at radius 1 is 1.08 bits per heavy atom. The SMILES string of the molecule is COc1ccc(OC)c(Nc2cc3ccc4c(ncn4C)c3[nH]2)c1. The van der Waals surface area contributed by atoms with Crippen LogP contribution in [-0.4, -0.2) is 28.8 Å². The van der Waals surface area contributed by atoms with Gasteiger partial charge in [0.1, 0.15) is 22.8 Å². The lowest BCUT2D eigenvalue weighted by Crippen LogP contribution is -1.95. The number of hydrogen-bond donors (Lipinski definition) is 2. The summed E-state index contributed by atoms with van der Waals surface area (Å²) in [5.41, 5.74) is 3.90. The molecule has 0 fully saturated rings. The van der Waals surface area contributed by atoms with E-state index < -0.39 is 0 Å². The Hall–Kier alpha value is -3.15. The summed E-state index contributed by atoms with van der Waals surface area (Å²) in [6.07, 6.45) is 1.82. The minimum absolute atomic E-state index is 0.748. The van der Waals surface area contributed by atoms with Gasteiger partial charge in [-0.25, -0.2) is 4.98 Å². The third kappa shape index (κ3) is 2.23. The van der Waals surface area contributed by atoms with Gasteiger partial charge in [-0.15, -0.1) is 0 Å².